The van der Waals surface area contributed by atoms with Crippen molar-refractivity contribution in [3.63, 3.8) is 0 Å². The second-order valence-corrected chi connectivity index (χ2v) is 8.27. The fourth-order valence-corrected chi connectivity index (χ4v) is 4.15. The largest absolute Gasteiger partial charge is 0.493 e. The van der Waals surface area contributed by atoms with Crippen LogP contribution in [0.5, 0.6) is 5.75 Å². The molecule has 0 bridgehead atoms. The van der Waals surface area contributed by atoms with Gasteiger partial charge in [0.15, 0.2) is 0 Å². The van der Waals surface area contributed by atoms with E-state index in [1.807, 2.05) is 51.1 Å². The number of pyridine rings is 1. The van der Waals surface area contributed by atoms with Crippen molar-refractivity contribution in [1.29, 1.82) is 0 Å². The van der Waals surface area contributed by atoms with Crippen molar-refractivity contribution in [2.45, 2.75) is 39.3 Å². The molecule has 1 aromatic heterocycles. The standard InChI is InChI=1S/C25H26N4O4/c1-15-12-16(2)24-19(13-15)21(9-11-33-24)28-25(30)18-7-8-22(23(14-18)29(31)32)27-17(3)20-6-4-5-10-26-20/h4-8,10,12-14,17,21,27H,9,11H2,1-3H3,(H,28,30). The Morgan fingerprint density at radius 2 is 2.03 bits per heavy atom. The summed E-state index contributed by atoms with van der Waals surface area (Å²) in [6.07, 6.45) is 2.30. The van der Waals surface area contributed by atoms with Gasteiger partial charge in [-0.25, -0.2) is 0 Å². The lowest BCUT2D eigenvalue weighted by Gasteiger charge is -2.28. The van der Waals surface area contributed by atoms with Crippen molar-refractivity contribution in [3.8, 4) is 5.75 Å². The van der Waals surface area contributed by atoms with Gasteiger partial charge in [0.05, 0.1) is 29.3 Å². The van der Waals surface area contributed by atoms with E-state index in [0.29, 0.717) is 18.7 Å². The molecule has 0 saturated carbocycles. The fourth-order valence-electron chi connectivity index (χ4n) is 4.15. The summed E-state index contributed by atoms with van der Waals surface area (Å²) in [5.74, 6) is 0.436. The lowest BCUT2D eigenvalue weighted by Crippen LogP contribution is -2.32. The molecule has 1 aliphatic heterocycles. The Labute approximate surface area is 192 Å². The van der Waals surface area contributed by atoms with Gasteiger partial charge in [-0.1, -0.05) is 23.8 Å². The van der Waals surface area contributed by atoms with Crippen molar-refractivity contribution >= 4 is 17.3 Å². The number of ether oxygens (including phenoxy) is 1. The van der Waals surface area contributed by atoms with Gasteiger partial charge in [0.1, 0.15) is 11.4 Å². The predicted octanol–water partition coefficient (Wildman–Crippen LogP) is 5.03. The van der Waals surface area contributed by atoms with Gasteiger partial charge in [0.2, 0.25) is 0 Å². The monoisotopic (exact) mass is 446 g/mol. The van der Waals surface area contributed by atoms with Crippen LogP contribution < -0.4 is 15.4 Å². The third-order valence-electron chi connectivity index (χ3n) is 5.74. The number of carbonyl (C=O) groups is 1. The lowest BCUT2D eigenvalue weighted by molar-refractivity contribution is -0.384. The summed E-state index contributed by atoms with van der Waals surface area (Å²) in [7, 11) is 0. The molecule has 0 aliphatic carbocycles. The molecule has 8 nitrogen and oxygen atoms in total. The highest BCUT2D eigenvalue weighted by molar-refractivity contribution is 5.96. The first-order valence-corrected chi connectivity index (χ1v) is 10.8. The van der Waals surface area contributed by atoms with Crippen LogP contribution in [0, 0.1) is 24.0 Å². The molecule has 4 rings (SSSR count). The minimum absolute atomic E-state index is 0.163. The summed E-state index contributed by atoms with van der Waals surface area (Å²) in [5.41, 5.74) is 4.21. The summed E-state index contributed by atoms with van der Waals surface area (Å²) in [5, 5.41) is 17.9. The molecule has 33 heavy (non-hydrogen) atoms. The van der Waals surface area contributed by atoms with Gasteiger partial charge in [0.25, 0.3) is 11.6 Å². The maximum absolute atomic E-state index is 13.0. The fraction of sp³-hybridized carbons (Fsp3) is 0.280. The number of amides is 1. The van der Waals surface area contributed by atoms with Crippen molar-refractivity contribution in [2.75, 3.05) is 11.9 Å². The number of nitrogens with zero attached hydrogens (tertiary/aromatic N) is 2. The number of fused-ring (bicyclic) bond motifs is 1. The average Bonchev–Trinajstić information content (AvgIpc) is 2.80. The Balaban J connectivity index is 1.56. The van der Waals surface area contributed by atoms with E-state index >= 15 is 0 Å². The number of nitrogens with one attached hydrogen (secondary N) is 2. The highest BCUT2D eigenvalue weighted by Gasteiger charge is 2.26. The SMILES string of the molecule is Cc1cc(C)c2c(c1)C(NC(=O)c1ccc(NC(C)c3ccccn3)c([N+](=O)[O-])c1)CCO2. The third-order valence-corrected chi connectivity index (χ3v) is 5.74. The molecule has 170 valence electrons. The van der Waals surface area contributed by atoms with Gasteiger partial charge in [0, 0.05) is 29.8 Å². The molecule has 2 N–H and O–H groups in total. The number of carbonyl (C=O) groups excluding carboxylic acids is 1. The molecule has 2 heterocycles. The molecule has 1 amide bonds. The number of hydrogen-bond donors (Lipinski definition) is 2. The summed E-state index contributed by atoms with van der Waals surface area (Å²) in [6, 6.07) is 13.6. The third kappa shape index (κ3) is 4.79. The van der Waals surface area contributed by atoms with Gasteiger partial charge in [-0.3, -0.25) is 19.9 Å². The number of anilines is 1. The Hall–Kier alpha value is -3.94. The number of benzene rings is 2. The van der Waals surface area contributed by atoms with Crippen molar-refractivity contribution in [2.24, 2.45) is 0 Å². The van der Waals surface area contributed by atoms with E-state index in [2.05, 4.69) is 15.6 Å². The minimum atomic E-state index is -0.485. The van der Waals surface area contributed by atoms with Crippen molar-refractivity contribution in [3.05, 3.63) is 92.8 Å². The zero-order chi connectivity index (χ0) is 23.5. The maximum Gasteiger partial charge on any atom is 0.293 e. The van der Waals surface area contributed by atoms with E-state index in [1.165, 1.54) is 6.07 Å². The van der Waals surface area contributed by atoms with E-state index in [-0.39, 0.29) is 29.2 Å². The molecule has 2 atom stereocenters. The maximum atomic E-state index is 13.0. The van der Waals surface area contributed by atoms with Crippen LogP contribution in [-0.4, -0.2) is 22.4 Å². The van der Waals surface area contributed by atoms with Crippen molar-refractivity contribution < 1.29 is 14.5 Å². The molecule has 0 radical (unpaired) electrons. The first-order chi connectivity index (χ1) is 15.8. The topological polar surface area (TPSA) is 106 Å². The smallest absolute Gasteiger partial charge is 0.293 e. The van der Waals surface area contributed by atoms with E-state index in [0.717, 1.165) is 28.1 Å². The van der Waals surface area contributed by atoms with Crippen LogP contribution in [0.1, 0.15) is 58.2 Å². The Morgan fingerprint density at radius 3 is 2.76 bits per heavy atom. The molecule has 3 aromatic rings. The molecule has 8 heteroatoms. The Bertz CT molecular complexity index is 1200. The van der Waals surface area contributed by atoms with E-state index < -0.39 is 4.92 Å². The lowest BCUT2D eigenvalue weighted by atomic mass is 9.95. The normalized spacial score (nSPS) is 15.7. The average molecular weight is 447 g/mol. The van der Waals surface area contributed by atoms with Crippen LogP contribution in [0.15, 0.2) is 54.7 Å². The molecule has 0 fully saturated rings. The molecule has 2 aromatic carbocycles. The van der Waals surface area contributed by atoms with Crippen LogP contribution in [0.25, 0.3) is 0 Å². The highest BCUT2D eigenvalue weighted by Crippen LogP contribution is 2.36. The highest BCUT2D eigenvalue weighted by atomic mass is 16.6. The number of nitro groups is 1. The predicted molar refractivity (Wildman–Crippen MR) is 126 cm³/mol. The first-order valence-electron chi connectivity index (χ1n) is 10.8. The molecule has 1 aliphatic rings. The zero-order valence-electron chi connectivity index (χ0n) is 18.8. The van der Waals surface area contributed by atoms with Gasteiger partial charge in [-0.05, 0) is 50.6 Å². The van der Waals surface area contributed by atoms with E-state index in [4.69, 9.17) is 4.74 Å². The summed E-state index contributed by atoms with van der Waals surface area (Å²) >= 11 is 0. The molecule has 0 saturated heterocycles. The number of nitro benzene ring substituents is 1. The van der Waals surface area contributed by atoms with Gasteiger partial charge in [-0.2, -0.15) is 0 Å². The van der Waals surface area contributed by atoms with Crippen LogP contribution >= 0.6 is 0 Å². The zero-order valence-corrected chi connectivity index (χ0v) is 18.8. The van der Waals surface area contributed by atoms with Crippen LogP contribution in [0.4, 0.5) is 11.4 Å². The minimum Gasteiger partial charge on any atom is -0.493 e. The number of aryl methyl sites for hydroxylation is 2. The van der Waals surface area contributed by atoms with Gasteiger partial charge < -0.3 is 15.4 Å². The van der Waals surface area contributed by atoms with Crippen LogP contribution in [0.2, 0.25) is 0 Å². The van der Waals surface area contributed by atoms with Crippen LogP contribution in [0.3, 0.4) is 0 Å². The van der Waals surface area contributed by atoms with E-state index in [9.17, 15) is 14.9 Å². The molecular weight excluding hydrogens is 420 g/mol. The van der Waals surface area contributed by atoms with E-state index in [1.54, 1.807) is 18.3 Å². The first kappa shape index (κ1) is 22.3. The van der Waals surface area contributed by atoms with Gasteiger partial charge in [-0.15, -0.1) is 0 Å². The quantitative estimate of drug-likeness (QED) is 0.406. The number of hydrogen-bond acceptors (Lipinski definition) is 6. The summed E-state index contributed by atoms with van der Waals surface area (Å²) in [4.78, 5) is 28.6. The van der Waals surface area contributed by atoms with Gasteiger partial charge >= 0.3 is 0 Å². The summed E-state index contributed by atoms with van der Waals surface area (Å²) in [6.45, 7) is 6.36. The second-order valence-electron chi connectivity index (χ2n) is 8.27. The van der Waals surface area contributed by atoms with Crippen LogP contribution in [-0.2, 0) is 0 Å². The molecular formula is C25H26N4O4. The van der Waals surface area contributed by atoms with Crippen molar-refractivity contribution in [1.82, 2.24) is 10.3 Å². The number of aromatic nitrogens is 1. The Morgan fingerprint density at radius 1 is 1.21 bits per heavy atom. The Kier molecular flexibility index (Phi) is 6.26. The summed E-state index contributed by atoms with van der Waals surface area (Å²) < 4.78 is 5.81. The number of rotatable bonds is 6. The molecule has 2 unspecified atom stereocenters. The molecule has 0 spiro atoms. The second kappa shape index (κ2) is 9.28.